The predicted molar refractivity (Wildman–Crippen MR) is 69.8 cm³/mol. The summed E-state index contributed by atoms with van der Waals surface area (Å²) in [5.41, 5.74) is 3.18. The molecule has 1 aromatic carbocycles. The molecule has 0 atom stereocenters. The zero-order valence-corrected chi connectivity index (χ0v) is 10.8. The van der Waals surface area contributed by atoms with Crippen LogP contribution in [0.1, 0.15) is 34.3 Å². The van der Waals surface area contributed by atoms with Crippen LogP contribution in [0.5, 0.6) is 0 Å². The number of carbonyl (C=O) groups excluding carboxylic acids is 1. The number of hydrogen-bond acceptors (Lipinski definition) is 3. The van der Waals surface area contributed by atoms with Crippen LogP contribution in [0.4, 0.5) is 5.69 Å². The van der Waals surface area contributed by atoms with E-state index < -0.39 is 0 Å². The molecule has 0 fully saturated rings. The Hall–Kier alpha value is -2.10. The number of hydrogen-bond donors (Lipinski definition) is 1. The van der Waals surface area contributed by atoms with Crippen molar-refractivity contribution in [3.05, 3.63) is 46.8 Å². The van der Waals surface area contributed by atoms with E-state index in [1.165, 1.54) is 5.56 Å². The first kappa shape index (κ1) is 12.4. The number of amides is 1. The maximum Gasteiger partial charge on any atom is 0.255 e. The number of carbonyl (C=O) groups is 1. The minimum absolute atomic E-state index is 0.146. The van der Waals surface area contributed by atoms with Gasteiger partial charge in [0, 0.05) is 5.56 Å². The normalized spacial score (nSPS) is 10.4. The van der Waals surface area contributed by atoms with Gasteiger partial charge in [-0.25, -0.2) is 0 Å². The van der Waals surface area contributed by atoms with Crippen molar-refractivity contribution in [2.45, 2.75) is 27.2 Å². The largest absolute Gasteiger partial charge is 0.359 e. The van der Waals surface area contributed by atoms with E-state index in [2.05, 4.69) is 17.4 Å². The second kappa shape index (κ2) is 5.04. The molecule has 2 rings (SSSR count). The Balaban J connectivity index is 2.17. The van der Waals surface area contributed by atoms with Crippen LogP contribution in [0.3, 0.4) is 0 Å². The molecule has 0 spiro atoms. The lowest BCUT2D eigenvalue weighted by Gasteiger charge is -2.05. The second-order valence-electron chi connectivity index (χ2n) is 4.20. The fourth-order valence-corrected chi connectivity index (χ4v) is 1.74. The summed E-state index contributed by atoms with van der Waals surface area (Å²) in [6.45, 7) is 5.65. The molecule has 0 unspecified atom stereocenters. The molecule has 18 heavy (non-hydrogen) atoms. The Kier molecular flexibility index (Phi) is 3.46. The van der Waals surface area contributed by atoms with Gasteiger partial charge >= 0.3 is 0 Å². The van der Waals surface area contributed by atoms with Gasteiger partial charge in [-0.3, -0.25) is 4.79 Å². The molecule has 0 aliphatic heterocycles. The van der Waals surface area contributed by atoms with Gasteiger partial charge in [0.05, 0.1) is 0 Å². The molecule has 4 nitrogen and oxygen atoms in total. The van der Waals surface area contributed by atoms with Gasteiger partial charge in [-0.1, -0.05) is 24.2 Å². The highest BCUT2D eigenvalue weighted by Crippen LogP contribution is 2.19. The summed E-state index contributed by atoms with van der Waals surface area (Å²) in [7, 11) is 0. The minimum atomic E-state index is -0.146. The van der Waals surface area contributed by atoms with E-state index in [1.54, 1.807) is 13.8 Å². The first-order valence-electron chi connectivity index (χ1n) is 5.95. The maximum atomic E-state index is 12.0. The van der Waals surface area contributed by atoms with Crippen LogP contribution in [-0.2, 0) is 6.42 Å². The zero-order chi connectivity index (χ0) is 13.1. The molecule has 0 aliphatic carbocycles. The Morgan fingerprint density at radius 1 is 1.28 bits per heavy atom. The highest BCUT2D eigenvalue weighted by atomic mass is 16.5. The average molecular weight is 244 g/mol. The lowest BCUT2D eigenvalue weighted by molar-refractivity contribution is 0.102. The third-order valence-electron chi connectivity index (χ3n) is 2.90. The van der Waals surface area contributed by atoms with E-state index >= 15 is 0 Å². The molecule has 1 heterocycles. The second-order valence-corrected chi connectivity index (χ2v) is 4.20. The van der Waals surface area contributed by atoms with Gasteiger partial charge < -0.3 is 9.84 Å². The summed E-state index contributed by atoms with van der Waals surface area (Å²) in [5, 5.41) is 6.62. The van der Waals surface area contributed by atoms with Gasteiger partial charge in [-0.2, -0.15) is 0 Å². The smallest absolute Gasteiger partial charge is 0.255 e. The summed E-state index contributed by atoms with van der Waals surface area (Å²) in [6.07, 6.45) is 0.964. The lowest BCUT2D eigenvalue weighted by atomic mass is 10.1. The molecule has 2 aromatic rings. The van der Waals surface area contributed by atoms with E-state index in [1.807, 2.05) is 24.3 Å². The molecule has 0 saturated heterocycles. The number of nitrogens with zero attached hydrogens (tertiary/aromatic N) is 1. The third kappa shape index (κ3) is 2.42. The summed E-state index contributed by atoms with van der Waals surface area (Å²) in [4.78, 5) is 12.0. The lowest BCUT2D eigenvalue weighted by Crippen LogP contribution is -2.12. The van der Waals surface area contributed by atoms with Crippen molar-refractivity contribution in [2.75, 3.05) is 5.32 Å². The van der Waals surface area contributed by atoms with Crippen LogP contribution in [0, 0.1) is 13.8 Å². The Labute approximate surface area is 106 Å². The monoisotopic (exact) mass is 244 g/mol. The van der Waals surface area contributed by atoms with Crippen molar-refractivity contribution in [3.63, 3.8) is 0 Å². The van der Waals surface area contributed by atoms with Crippen molar-refractivity contribution >= 4 is 11.6 Å². The van der Waals surface area contributed by atoms with Crippen LogP contribution in [0.2, 0.25) is 0 Å². The summed E-state index contributed by atoms with van der Waals surface area (Å²) >= 11 is 0. The van der Waals surface area contributed by atoms with Gasteiger partial charge in [0.1, 0.15) is 11.4 Å². The Morgan fingerprint density at radius 2 is 1.94 bits per heavy atom. The van der Waals surface area contributed by atoms with E-state index in [9.17, 15) is 4.79 Å². The Bertz CT molecular complexity index is 536. The van der Waals surface area contributed by atoms with E-state index in [0.29, 0.717) is 22.7 Å². The summed E-state index contributed by atoms with van der Waals surface area (Å²) in [6, 6.07) is 7.57. The van der Waals surface area contributed by atoms with Gasteiger partial charge in [-0.15, -0.1) is 0 Å². The van der Waals surface area contributed by atoms with Gasteiger partial charge in [0.2, 0.25) is 0 Å². The summed E-state index contributed by atoms with van der Waals surface area (Å²) in [5.74, 6) is 0.470. The van der Waals surface area contributed by atoms with Crippen molar-refractivity contribution in [1.82, 2.24) is 5.16 Å². The molecule has 0 bridgehead atoms. The fourth-order valence-electron chi connectivity index (χ4n) is 1.74. The summed E-state index contributed by atoms with van der Waals surface area (Å²) < 4.78 is 5.00. The van der Waals surface area contributed by atoms with Crippen LogP contribution in [0.25, 0.3) is 0 Å². The van der Waals surface area contributed by atoms with Crippen molar-refractivity contribution < 1.29 is 9.32 Å². The topological polar surface area (TPSA) is 55.1 Å². The van der Waals surface area contributed by atoms with Crippen LogP contribution >= 0.6 is 0 Å². The molecule has 0 aliphatic rings. The van der Waals surface area contributed by atoms with Crippen LogP contribution in [0.15, 0.2) is 28.8 Å². The highest BCUT2D eigenvalue weighted by Gasteiger charge is 2.13. The molecule has 94 valence electrons. The molecule has 1 N–H and O–H groups in total. The van der Waals surface area contributed by atoms with E-state index in [-0.39, 0.29) is 5.91 Å². The fraction of sp³-hybridized carbons (Fsp3) is 0.286. The van der Waals surface area contributed by atoms with E-state index in [4.69, 9.17) is 4.52 Å². The molecular weight excluding hydrogens is 228 g/mol. The first-order valence-corrected chi connectivity index (χ1v) is 5.95. The molecule has 0 radical (unpaired) electrons. The average Bonchev–Trinajstić information content (AvgIpc) is 2.70. The molecule has 0 saturated carbocycles. The van der Waals surface area contributed by atoms with Crippen molar-refractivity contribution in [1.29, 1.82) is 0 Å². The van der Waals surface area contributed by atoms with Crippen molar-refractivity contribution in [2.24, 2.45) is 0 Å². The van der Waals surface area contributed by atoms with Gasteiger partial charge in [0.15, 0.2) is 5.76 Å². The zero-order valence-electron chi connectivity index (χ0n) is 10.8. The number of rotatable bonds is 3. The van der Waals surface area contributed by atoms with Crippen molar-refractivity contribution in [3.8, 4) is 0 Å². The molecule has 4 heteroatoms. The van der Waals surface area contributed by atoms with E-state index in [0.717, 1.165) is 6.42 Å². The van der Waals surface area contributed by atoms with Crippen LogP contribution in [-0.4, -0.2) is 11.1 Å². The standard InChI is InChI=1S/C14H16N2O2/c1-4-11-5-7-12(8-6-11)14(17)15-13-9(2)16-18-10(13)3/h5-8H,4H2,1-3H3,(H,15,17). The highest BCUT2D eigenvalue weighted by molar-refractivity contribution is 6.04. The van der Waals surface area contributed by atoms with Crippen LogP contribution < -0.4 is 5.32 Å². The number of nitrogens with one attached hydrogen (secondary N) is 1. The van der Waals surface area contributed by atoms with Gasteiger partial charge in [0.25, 0.3) is 5.91 Å². The first-order chi connectivity index (χ1) is 8.61. The predicted octanol–water partition coefficient (Wildman–Crippen LogP) is 3.11. The number of benzene rings is 1. The number of aromatic nitrogens is 1. The third-order valence-corrected chi connectivity index (χ3v) is 2.90. The minimum Gasteiger partial charge on any atom is -0.359 e. The quantitative estimate of drug-likeness (QED) is 0.902. The number of aryl methyl sites for hydroxylation is 3. The SMILES string of the molecule is CCc1ccc(C(=O)Nc2c(C)noc2C)cc1. The molecular formula is C14H16N2O2. The number of anilines is 1. The van der Waals surface area contributed by atoms with Gasteiger partial charge in [-0.05, 0) is 38.0 Å². The Morgan fingerprint density at radius 3 is 2.44 bits per heavy atom. The molecule has 1 amide bonds. The maximum absolute atomic E-state index is 12.0. The molecule has 1 aromatic heterocycles.